The maximum absolute atomic E-state index is 11.0. The second-order valence-corrected chi connectivity index (χ2v) is 6.37. The summed E-state index contributed by atoms with van der Waals surface area (Å²) in [5.41, 5.74) is 1.90. The zero-order valence-electron chi connectivity index (χ0n) is 13.2. The normalized spacial score (nSPS) is 12.3. The van der Waals surface area contributed by atoms with Crippen molar-refractivity contribution in [1.29, 1.82) is 0 Å². The largest absolute Gasteiger partial charge is 0.310 e. The molecule has 1 unspecified atom stereocenters. The van der Waals surface area contributed by atoms with Gasteiger partial charge in [0.25, 0.3) is 5.69 Å². The van der Waals surface area contributed by atoms with Gasteiger partial charge in [0.05, 0.1) is 4.92 Å². The summed E-state index contributed by atoms with van der Waals surface area (Å²) >= 11 is 1.90. The molecule has 21 heavy (non-hydrogen) atoms. The number of benzene rings is 1. The van der Waals surface area contributed by atoms with Crippen LogP contribution in [0.25, 0.3) is 0 Å². The average Bonchev–Trinajstić information content (AvgIpc) is 2.46. The minimum absolute atomic E-state index is 0.149. The average molecular weight is 310 g/mol. The van der Waals surface area contributed by atoms with Gasteiger partial charge >= 0.3 is 0 Å². The van der Waals surface area contributed by atoms with Gasteiger partial charge in [-0.2, -0.15) is 11.8 Å². The van der Waals surface area contributed by atoms with Crippen LogP contribution < -0.4 is 5.32 Å². The number of unbranched alkanes of at least 4 members (excludes halogenated alkanes) is 3. The Morgan fingerprint density at radius 3 is 2.67 bits per heavy atom. The van der Waals surface area contributed by atoms with Crippen LogP contribution in [-0.4, -0.2) is 23.5 Å². The van der Waals surface area contributed by atoms with E-state index in [2.05, 4.69) is 18.5 Å². The molecule has 118 valence electrons. The fraction of sp³-hybridized carbons (Fsp3) is 0.625. The molecule has 5 heteroatoms. The van der Waals surface area contributed by atoms with Crippen LogP contribution in [0.5, 0.6) is 0 Å². The van der Waals surface area contributed by atoms with Crippen LogP contribution in [0.1, 0.15) is 49.8 Å². The van der Waals surface area contributed by atoms with E-state index in [4.69, 9.17) is 0 Å². The SMILES string of the molecule is CSCCCCCCNC(C)c1ccc(C)c([N+](=O)[O-])c1. The number of nitrogens with one attached hydrogen (secondary N) is 1. The van der Waals surface area contributed by atoms with Gasteiger partial charge in [0.2, 0.25) is 0 Å². The lowest BCUT2D eigenvalue weighted by Crippen LogP contribution is -2.20. The monoisotopic (exact) mass is 310 g/mol. The summed E-state index contributed by atoms with van der Waals surface area (Å²) in [5, 5.41) is 14.4. The van der Waals surface area contributed by atoms with Crippen LogP contribution in [0, 0.1) is 17.0 Å². The number of rotatable bonds is 10. The Balaban J connectivity index is 2.37. The van der Waals surface area contributed by atoms with Crippen molar-refractivity contribution in [1.82, 2.24) is 5.32 Å². The summed E-state index contributed by atoms with van der Waals surface area (Å²) in [7, 11) is 0. The molecular weight excluding hydrogens is 284 g/mol. The molecule has 0 aliphatic carbocycles. The van der Waals surface area contributed by atoms with E-state index in [-0.39, 0.29) is 16.7 Å². The molecule has 1 rings (SSSR count). The van der Waals surface area contributed by atoms with E-state index in [9.17, 15) is 10.1 Å². The summed E-state index contributed by atoms with van der Waals surface area (Å²) in [6, 6.07) is 5.63. The third kappa shape index (κ3) is 6.48. The standard InChI is InChI=1S/C16H26N2O2S/c1-13-8-9-15(12-16(13)18(19)20)14(2)17-10-6-4-5-7-11-21-3/h8-9,12,14,17H,4-7,10-11H2,1-3H3. The highest BCUT2D eigenvalue weighted by molar-refractivity contribution is 7.98. The Hall–Kier alpha value is -1.07. The van der Waals surface area contributed by atoms with Gasteiger partial charge in [-0.25, -0.2) is 0 Å². The van der Waals surface area contributed by atoms with Gasteiger partial charge < -0.3 is 5.32 Å². The van der Waals surface area contributed by atoms with Crippen molar-refractivity contribution in [2.75, 3.05) is 18.6 Å². The lowest BCUT2D eigenvalue weighted by atomic mass is 10.0. The number of hydrogen-bond donors (Lipinski definition) is 1. The lowest BCUT2D eigenvalue weighted by molar-refractivity contribution is -0.385. The highest BCUT2D eigenvalue weighted by atomic mass is 32.2. The Bertz CT molecular complexity index is 452. The van der Waals surface area contributed by atoms with E-state index < -0.39 is 0 Å². The number of nitro benzene ring substituents is 1. The van der Waals surface area contributed by atoms with Crippen molar-refractivity contribution in [3.8, 4) is 0 Å². The van der Waals surface area contributed by atoms with Crippen molar-refractivity contribution in [3.63, 3.8) is 0 Å². The first-order chi connectivity index (χ1) is 10.1. The topological polar surface area (TPSA) is 55.2 Å². The summed E-state index contributed by atoms with van der Waals surface area (Å²) in [6.07, 6.45) is 7.12. The van der Waals surface area contributed by atoms with Gasteiger partial charge in [-0.3, -0.25) is 10.1 Å². The predicted octanol–water partition coefficient (Wildman–Crippen LogP) is 4.48. The molecule has 0 aromatic heterocycles. The van der Waals surface area contributed by atoms with Gasteiger partial charge in [-0.1, -0.05) is 25.0 Å². The van der Waals surface area contributed by atoms with Crippen molar-refractivity contribution in [2.24, 2.45) is 0 Å². The minimum atomic E-state index is -0.308. The highest BCUT2D eigenvalue weighted by Gasteiger charge is 2.13. The van der Waals surface area contributed by atoms with Gasteiger partial charge in [0.15, 0.2) is 0 Å². The Kier molecular flexibility index (Phi) is 8.38. The second-order valence-electron chi connectivity index (χ2n) is 5.39. The molecular formula is C16H26N2O2S. The van der Waals surface area contributed by atoms with Crippen molar-refractivity contribution in [2.45, 2.75) is 45.6 Å². The second kappa shape index (κ2) is 9.79. The van der Waals surface area contributed by atoms with E-state index in [0.29, 0.717) is 5.56 Å². The van der Waals surface area contributed by atoms with E-state index in [0.717, 1.165) is 18.5 Å². The van der Waals surface area contributed by atoms with Gasteiger partial charge in [0.1, 0.15) is 0 Å². The molecule has 0 fully saturated rings. The molecule has 1 aromatic carbocycles. The number of aryl methyl sites for hydroxylation is 1. The fourth-order valence-electron chi connectivity index (χ4n) is 2.25. The molecule has 1 aromatic rings. The van der Waals surface area contributed by atoms with Crippen LogP contribution in [0.3, 0.4) is 0 Å². The predicted molar refractivity (Wildman–Crippen MR) is 91.1 cm³/mol. The van der Waals surface area contributed by atoms with Crippen LogP contribution in [0.15, 0.2) is 18.2 Å². The number of thioether (sulfide) groups is 1. The summed E-state index contributed by atoms with van der Waals surface area (Å²) in [5.74, 6) is 1.25. The van der Waals surface area contributed by atoms with Crippen LogP contribution in [0.2, 0.25) is 0 Å². The van der Waals surface area contributed by atoms with Gasteiger partial charge in [-0.15, -0.1) is 0 Å². The molecule has 0 bridgehead atoms. The Morgan fingerprint density at radius 2 is 2.00 bits per heavy atom. The number of nitro groups is 1. The molecule has 0 amide bonds. The molecule has 0 radical (unpaired) electrons. The van der Waals surface area contributed by atoms with Crippen LogP contribution in [0.4, 0.5) is 5.69 Å². The Labute approximate surface area is 131 Å². The third-order valence-corrected chi connectivity index (χ3v) is 4.35. The highest BCUT2D eigenvalue weighted by Crippen LogP contribution is 2.23. The summed E-state index contributed by atoms with van der Waals surface area (Å²) in [6.45, 7) is 4.79. The zero-order valence-corrected chi connectivity index (χ0v) is 14.0. The van der Waals surface area contributed by atoms with Crippen molar-refractivity contribution >= 4 is 17.4 Å². The third-order valence-electron chi connectivity index (χ3n) is 3.66. The maximum Gasteiger partial charge on any atom is 0.272 e. The molecule has 0 heterocycles. The van der Waals surface area contributed by atoms with Crippen molar-refractivity contribution < 1.29 is 4.92 Å². The summed E-state index contributed by atoms with van der Waals surface area (Å²) < 4.78 is 0. The molecule has 0 saturated carbocycles. The molecule has 0 spiro atoms. The van der Waals surface area contributed by atoms with Crippen LogP contribution in [-0.2, 0) is 0 Å². The smallest absolute Gasteiger partial charge is 0.272 e. The van der Waals surface area contributed by atoms with Gasteiger partial charge in [-0.05, 0) is 50.8 Å². The van der Waals surface area contributed by atoms with E-state index >= 15 is 0 Å². The fourth-order valence-corrected chi connectivity index (χ4v) is 2.75. The molecule has 0 saturated heterocycles. The Morgan fingerprint density at radius 1 is 1.29 bits per heavy atom. The number of nitrogens with zero attached hydrogens (tertiary/aromatic N) is 1. The molecule has 4 nitrogen and oxygen atoms in total. The molecule has 1 atom stereocenters. The zero-order chi connectivity index (χ0) is 15.7. The van der Waals surface area contributed by atoms with Gasteiger partial charge in [0, 0.05) is 17.7 Å². The molecule has 0 aliphatic rings. The van der Waals surface area contributed by atoms with E-state index in [1.807, 2.05) is 23.9 Å². The number of hydrogen-bond acceptors (Lipinski definition) is 4. The maximum atomic E-state index is 11.0. The minimum Gasteiger partial charge on any atom is -0.310 e. The van der Waals surface area contributed by atoms with E-state index in [1.54, 1.807) is 13.0 Å². The van der Waals surface area contributed by atoms with E-state index in [1.165, 1.54) is 25.0 Å². The molecule has 1 N–H and O–H groups in total. The van der Waals surface area contributed by atoms with Crippen molar-refractivity contribution in [3.05, 3.63) is 39.4 Å². The lowest BCUT2D eigenvalue weighted by Gasteiger charge is -2.14. The molecule has 0 aliphatic heterocycles. The van der Waals surface area contributed by atoms with Crippen LogP contribution >= 0.6 is 11.8 Å². The first-order valence-corrected chi connectivity index (χ1v) is 8.93. The quantitative estimate of drug-likeness (QED) is 0.393. The first kappa shape index (κ1) is 18.0. The first-order valence-electron chi connectivity index (χ1n) is 7.53. The summed E-state index contributed by atoms with van der Waals surface area (Å²) in [4.78, 5) is 10.7.